The lowest BCUT2D eigenvalue weighted by molar-refractivity contribution is -0.253. The molecule has 0 saturated carbocycles. The summed E-state index contributed by atoms with van der Waals surface area (Å²) in [5.74, 6) is -2.12. The van der Waals surface area contributed by atoms with Crippen molar-refractivity contribution < 1.29 is 31.2 Å². The number of aromatic nitrogens is 1. The van der Waals surface area contributed by atoms with Gasteiger partial charge in [-0.3, -0.25) is 4.98 Å². The number of rotatable bonds is 7. The predicted molar refractivity (Wildman–Crippen MR) is 105 cm³/mol. The summed E-state index contributed by atoms with van der Waals surface area (Å²) in [5.41, 5.74) is -2.56. The van der Waals surface area contributed by atoms with E-state index in [0.717, 1.165) is 12.1 Å². The van der Waals surface area contributed by atoms with Crippen LogP contribution in [0.4, 0.5) is 22.0 Å². The van der Waals surface area contributed by atoms with Gasteiger partial charge in [-0.05, 0) is 45.0 Å². The van der Waals surface area contributed by atoms with Gasteiger partial charge in [-0.1, -0.05) is 11.6 Å². The van der Waals surface area contributed by atoms with Gasteiger partial charge in [0, 0.05) is 29.2 Å². The number of pyridine rings is 1. The molecule has 0 amide bonds. The van der Waals surface area contributed by atoms with Crippen LogP contribution in [0.5, 0.6) is 5.75 Å². The Balaban J connectivity index is 2.69. The maximum Gasteiger partial charge on any atom is 0.461 e. The zero-order chi connectivity index (χ0) is 23.6. The lowest BCUT2D eigenvalue weighted by atomic mass is 9.88. The maximum atomic E-state index is 14.3. The molecule has 2 aromatic rings. The Kier molecular flexibility index (Phi) is 7.43. The summed E-state index contributed by atoms with van der Waals surface area (Å²) in [7, 11) is 0. The molecule has 12 heteroatoms. The molecule has 0 aliphatic heterocycles. The normalized spacial score (nSPS) is 15.3. The maximum absolute atomic E-state index is 14.3. The van der Waals surface area contributed by atoms with Crippen LogP contribution in [-0.4, -0.2) is 26.8 Å². The number of hydrogen-bond donors (Lipinski definition) is 1. The number of alkyl halides is 4. The van der Waals surface area contributed by atoms with E-state index in [0.29, 0.717) is 6.07 Å². The fraction of sp³-hybridized carbons (Fsp3) is 0.368. The first-order valence-corrected chi connectivity index (χ1v) is 10.1. The van der Waals surface area contributed by atoms with Crippen LogP contribution < -0.4 is 9.46 Å². The fourth-order valence-corrected chi connectivity index (χ4v) is 3.30. The predicted octanol–water partition coefficient (Wildman–Crippen LogP) is 4.93. The Bertz CT molecular complexity index is 966. The monoisotopic (exact) mass is 481 g/mol. The van der Waals surface area contributed by atoms with Gasteiger partial charge >= 0.3 is 12.5 Å². The average molecular weight is 482 g/mol. The third-order valence-corrected chi connectivity index (χ3v) is 5.72. The van der Waals surface area contributed by atoms with E-state index in [4.69, 9.17) is 11.6 Å². The molecule has 0 aliphatic rings. The zero-order valence-corrected chi connectivity index (χ0v) is 18.0. The Hall–Kier alpha value is -2.13. The molecule has 0 spiro atoms. The van der Waals surface area contributed by atoms with Crippen molar-refractivity contribution in [3.8, 4) is 11.8 Å². The second-order valence-electron chi connectivity index (χ2n) is 7.35. The first-order chi connectivity index (χ1) is 14.2. The van der Waals surface area contributed by atoms with Gasteiger partial charge in [-0.2, -0.15) is 22.8 Å². The highest BCUT2D eigenvalue weighted by Gasteiger charge is 2.46. The summed E-state index contributed by atoms with van der Waals surface area (Å²) >= 11 is 3.89. The molecule has 2 rings (SSSR count). The topological polar surface area (TPSA) is 81.0 Å². The van der Waals surface area contributed by atoms with Crippen LogP contribution in [0.1, 0.15) is 32.0 Å². The molecule has 0 bridgehead atoms. The summed E-state index contributed by atoms with van der Waals surface area (Å²) in [6, 6.07) is 6.51. The molecule has 0 radical (unpaired) electrons. The Morgan fingerprint density at radius 2 is 1.87 bits per heavy atom. The number of hydrogen-bond acceptors (Lipinski definition) is 5. The number of nitrogens with one attached hydrogen (secondary N) is 1. The molecule has 0 fully saturated rings. The summed E-state index contributed by atoms with van der Waals surface area (Å²) < 4.78 is 84.4. The van der Waals surface area contributed by atoms with Crippen LogP contribution in [0.15, 0.2) is 36.5 Å². The van der Waals surface area contributed by atoms with E-state index in [1.54, 1.807) is 20.8 Å². The van der Waals surface area contributed by atoms with Gasteiger partial charge in [0.15, 0.2) is 0 Å². The summed E-state index contributed by atoms with van der Waals surface area (Å²) in [6.45, 7) is 4.78. The zero-order valence-electron chi connectivity index (χ0n) is 16.4. The number of ether oxygens (including phenoxy) is 1. The molecule has 1 heterocycles. The van der Waals surface area contributed by atoms with Crippen molar-refractivity contribution >= 4 is 23.0 Å². The van der Waals surface area contributed by atoms with Crippen LogP contribution in [-0.2, 0) is 16.9 Å². The van der Waals surface area contributed by atoms with E-state index in [1.807, 2.05) is 6.07 Å². The van der Waals surface area contributed by atoms with Crippen LogP contribution in [0.3, 0.4) is 0 Å². The molecule has 168 valence electrons. The van der Waals surface area contributed by atoms with Crippen LogP contribution >= 0.6 is 11.6 Å². The minimum absolute atomic E-state index is 0.0887. The Labute approximate surface area is 183 Å². The van der Waals surface area contributed by atoms with Crippen molar-refractivity contribution in [2.75, 3.05) is 0 Å². The van der Waals surface area contributed by atoms with Crippen LogP contribution in [0.25, 0.3) is 0 Å². The lowest BCUT2D eigenvalue weighted by Crippen LogP contribution is -2.51. The molecule has 0 aliphatic carbocycles. The van der Waals surface area contributed by atoms with Crippen LogP contribution in [0.2, 0.25) is 5.02 Å². The van der Waals surface area contributed by atoms with Gasteiger partial charge < -0.3 is 9.29 Å². The van der Waals surface area contributed by atoms with Crippen molar-refractivity contribution in [1.29, 1.82) is 5.26 Å². The molecule has 0 saturated heterocycles. The quantitative estimate of drug-likeness (QED) is 0.448. The van der Waals surface area contributed by atoms with E-state index in [2.05, 4.69) is 14.4 Å². The molecular weight excluding hydrogens is 465 g/mol. The van der Waals surface area contributed by atoms with Gasteiger partial charge in [-0.25, -0.2) is 4.39 Å². The van der Waals surface area contributed by atoms with Gasteiger partial charge in [0.25, 0.3) is 0 Å². The van der Waals surface area contributed by atoms with Gasteiger partial charge in [0.05, 0.1) is 10.7 Å². The summed E-state index contributed by atoms with van der Waals surface area (Å²) in [5, 5.41) is 10.2. The minimum atomic E-state index is -4.90. The first kappa shape index (κ1) is 25.1. The molecule has 5 nitrogen and oxygen atoms in total. The van der Waals surface area contributed by atoms with Gasteiger partial charge in [0.1, 0.15) is 22.4 Å². The summed E-state index contributed by atoms with van der Waals surface area (Å²) in [4.78, 5) is 4.01. The second kappa shape index (κ2) is 9.16. The number of benzene rings is 1. The molecule has 2 atom stereocenters. The van der Waals surface area contributed by atoms with Crippen molar-refractivity contribution in [2.45, 2.75) is 43.6 Å². The highest BCUT2D eigenvalue weighted by Crippen LogP contribution is 2.36. The highest BCUT2D eigenvalue weighted by molar-refractivity contribution is 7.90. The SMILES string of the molecule is CC(C)(C)[S@+]([O-])NC(C#N)(c1cc(F)cc(OC(F)(F)C(F)F)c1)c1ccc(Cl)cn1. The van der Waals surface area contributed by atoms with Crippen molar-refractivity contribution in [3.05, 3.63) is 58.6 Å². The molecule has 1 N–H and O–H groups in total. The van der Waals surface area contributed by atoms with Crippen LogP contribution in [0, 0.1) is 17.1 Å². The highest BCUT2D eigenvalue weighted by atomic mass is 35.5. The third kappa shape index (κ3) is 5.77. The van der Waals surface area contributed by atoms with E-state index in [1.165, 1.54) is 18.3 Å². The Morgan fingerprint density at radius 1 is 1.23 bits per heavy atom. The standard InChI is InChI=1S/C19H17ClF5N3O2S/c1-17(2,3)31(29)28-18(10-26,15-5-4-12(20)9-27-15)11-6-13(21)8-14(7-11)30-19(24,25)16(22)23/h4-9,16,28H,1-3H3/t18?,31-/m0/s1. The molecular formula is C19H17ClF5N3O2S. The average Bonchev–Trinajstić information content (AvgIpc) is 2.65. The number of halogens is 6. The van der Waals surface area contributed by atoms with E-state index in [9.17, 15) is 31.8 Å². The van der Waals surface area contributed by atoms with Gasteiger partial charge in [0.2, 0.25) is 5.54 Å². The van der Waals surface area contributed by atoms with Crippen molar-refractivity contribution in [1.82, 2.24) is 9.71 Å². The first-order valence-electron chi connectivity index (χ1n) is 8.60. The smallest absolute Gasteiger partial charge is 0.461 e. The van der Waals surface area contributed by atoms with Crippen molar-refractivity contribution in [2.24, 2.45) is 0 Å². The molecule has 31 heavy (non-hydrogen) atoms. The second-order valence-corrected chi connectivity index (χ2v) is 9.75. The number of nitrogens with zero attached hydrogens (tertiary/aromatic N) is 2. The largest absolute Gasteiger partial charge is 0.598 e. The number of nitriles is 1. The van der Waals surface area contributed by atoms with E-state index < -0.39 is 45.7 Å². The fourth-order valence-electron chi connectivity index (χ4n) is 2.33. The van der Waals surface area contributed by atoms with E-state index >= 15 is 0 Å². The molecule has 1 unspecified atom stereocenters. The minimum Gasteiger partial charge on any atom is -0.598 e. The third-order valence-electron chi connectivity index (χ3n) is 3.89. The molecule has 1 aromatic heterocycles. The summed E-state index contributed by atoms with van der Waals surface area (Å²) in [6.07, 6.45) is -7.91. The molecule has 1 aromatic carbocycles. The van der Waals surface area contributed by atoms with Gasteiger partial charge in [-0.15, -0.1) is 4.72 Å². The Morgan fingerprint density at radius 3 is 2.35 bits per heavy atom. The van der Waals surface area contributed by atoms with E-state index in [-0.39, 0.29) is 16.3 Å². The van der Waals surface area contributed by atoms with Crippen molar-refractivity contribution in [3.63, 3.8) is 0 Å². The lowest BCUT2D eigenvalue weighted by Gasteiger charge is -2.33.